The number of nitrogens with zero attached hydrogens (tertiary/aromatic N) is 3. The molecule has 0 unspecified atom stereocenters. The molecule has 0 spiro atoms. The van der Waals surface area contributed by atoms with Crippen molar-refractivity contribution in [1.29, 1.82) is 0 Å². The summed E-state index contributed by atoms with van der Waals surface area (Å²) < 4.78 is 5.24. The van der Waals surface area contributed by atoms with Crippen molar-refractivity contribution >= 4 is 17.6 Å². The van der Waals surface area contributed by atoms with Gasteiger partial charge >= 0.3 is 0 Å². The third-order valence-electron chi connectivity index (χ3n) is 4.44. The fourth-order valence-corrected chi connectivity index (χ4v) is 3.06. The van der Waals surface area contributed by atoms with Crippen molar-refractivity contribution in [2.24, 2.45) is 17.6 Å². The van der Waals surface area contributed by atoms with Crippen LogP contribution in [0.2, 0.25) is 0 Å². The molecular formula is C17H27N5O3. The Bertz CT molecular complexity index is 608. The van der Waals surface area contributed by atoms with Gasteiger partial charge in [0.25, 0.3) is 5.91 Å². The molecule has 0 aliphatic carbocycles. The van der Waals surface area contributed by atoms with Crippen molar-refractivity contribution < 1.29 is 14.3 Å². The monoisotopic (exact) mass is 349 g/mol. The number of ether oxygens (including phenoxy) is 1. The highest BCUT2D eigenvalue weighted by Crippen LogP contribution is 2.27. The highest BCUT2D eigenvalue weighted by atomic mass is 16.5. The molecular weight excluding hydrogens is 322 g/mol. The summed E-state index contributed by atoms with van der Waals surface area (Å²) in [6.07, 6.45) is 3.32. The zero-order valence-electron chi connectivity index (χ0n) is 15.1. The number of nitrogens with one attached hydrogen (secondary N) is 1. The van der Waals surface area contributed by atoms with Crippen LogP contribution in [0.3, 0.4) is 0 Å². The van der Waals surface area contributed by atoms with Crippen LogP contribution in [0.4, 0.5) is 5.82 Å². The molecule has 2 rings (SSSR count). The summed E-state index contributed by atoms with van der Waals surface area (Å²) in [5.41, 5.74) is 5.42. The van der Waals surface area contributed by atoms with Gasteiger partial charge in [0.15, 0.2) is 0 Å². The van der Waals surface area contributed by atoms with Gasteiger partial charge in [0, 0.05) is 32.0 Å². The van der Waals surface area contributed by atoms with Gasteiger partial charge in [-0.05, 0) is 12.8 Å². The molecule has 0 bridgehead atoms. The molecule has 3 N–H and O–H groups in total. The zero-order chi connectivity index (χ0) is 18.4. The van der Waals surface area contributed by atoms with Crippen LogP contribution in [0.5, 0.6) is 0 Å². The Balaban J connectivity index is 2.05. The molecule has 2 heterocycles. The topological polar surface area (TPSA) is 110 Å². The summed E-state index contributed by atoms with van der Waals surface area (Å²) in [7, 11) is 0. The molecule has 1 saturated heterocycles. The lowest BCUT2D eigenvalue weighted by atomic mass is 9.91. The third-order valence-corrected chi connectivity index (χ3v) is 4.44. The van der Waals surface area contributed by atoms with Crippen molar-refractivity contribution in [3.8, 4) is 0 Å². The first-order valence-electron chi connectivity index (χ1n) is 8.66. The summed E-state index contributed by atoms with van der Waals surface area (Å²) in [6, 6.07) is 0.0214. The van der Waals surface area contributed by atoms with Crippen LogP contribution in [-0.4, -0.2) is 54.1 Å². The Kier molecular flexibility index (Phi) is 6.69. The summed E-state index contributed by atoms with van der Waals surface area (Å²) in [6.45, 7) is 8.58. The van der Waals surface area contributed by atoms with Crippen molar-refractivity contribution in [2.75, 3.05) is 31.2 Å². The average molecular weight is 349 g/mol. The van der Waals surface area contributed by atoms with Crippen LogP contribution in [0.25, 0.3) is 0 Å². The van der Waals surface area contributed by atoms with Crippen LogP contribution in [-0.2, 0) is 9.53 Å². The maximum Gasteiger partial charge on any atom is 0.268 e. The lowest BCUT2D eigenvalue weighted by molar-refractivity contribution is -0.123. The standard InChI is InChI=1S/C17H27N5O3/c1-4-25-6-5-16(23)21-14-10-22(9-12(14)11(2)3)15-8-19-7-13(20-15)17(18)24/h7-8,11-12,14H,4-6,9-10H2,1-3H3,(H2,18,24)(H,21,23)/t12-,14+/m1/s1. The number of primary amides is 1. The third kappa shape index (κ3) is 5.12. The van der Waals surface area contributed by atoms with E-state index in [0.717, 1.165) is 6.54 Å². The van der Waals surface area contributed by atoms with Gasteiger partial charge in [0.05, 0.1) is 25.0 Å². The lowest BCUT2D eigenvalue weighted by Gasteiger charge is -2.22. The van der Waals surface area contributed by atoms with E-state index >= 15 is 0 Å². The quantitative estimate of drug-likeness (QED) is 0.664. The summed E-state index contributed by atoms with van der Waals surface area (Å²) in [4.78, 5) is 33.8. The van der Waals surface area contributed by atoms with Gasteiger partial charge in [-0.15, -0.1) is 0 Å². The second kappa shape index (κ2) is 8.75. The van der Waals surface area contributed by atoms with Crippen molar-refractivity contribution in [2.45, 2.75) is 33.2 Å². The average Bonchev–Trinajstić information content (AvgIpc) is 2.99. The van der Waals surface area contributed by atoms with Crippen LogP contribution in [0.1, 0.15) is 37.7 Å². The molecule has 0 aromatic carbocycles. The minimum atomic E-state index is -0.602. The minimum Gasteiger partial charge on any atom is -0.381 e. The molecule has 1 aromatic heterocycles. The predicted octanol–water partition coefficient (Wildman–Crippen LogP) is 0.579. The first kappa shape index (κ1) is 19.1. The number of carbonyl (C=O) groups is 2. The van der Waals surface area contributed by atoms with E-state index in [2.05, 4.69) is 29.1 Å². The molecule has 0 saturated carbocycles. The van der Waals surface area contributed by atoms with Crippen molar-refractivity contribution in [3.63, 3.8) is 0 Å². The van der Waals surface area contributed by atoms with E-state index in [4.69, 9.17) is 10.5 Å². The number of rotatable bonds is 8. The SMILES string of the molecule is CCOCCC(=O)N[C@H]1CN(c2cncc(C(N)=O)n2)C[C@@H]1C(C)C. The van der Waals surface area contributed by atoms with Crippen LogP contribution in [0, 0.1) is 11.8 Å². The largest absolute Gasteiger partial charge is 0.381 e. The van der Waals surface area contributed by atoms with E-state index in [1.54, 1.807) is 6.20 Å². The molecule has 8 heteroatoms. The number of hydrogen-bond donors (Lipinski definition) is 2. The summed E-state index contributed by atoms with van der Waals surface area (Å²) in [5.74, 6) is 0.676. The maximum atomic E-state index is 12.1. The first-order chi connectivity index (χ1) is 11.9. The maximum absolute atomic E-state index is 12.1. The molecule has 2 amide bonds. The second-order valence-corrected chi connectivity index (χ2v) is 6.56. The number of aromatic nitrogens is 2. The van der Waals surface area contributed by atoms with Crippen molar-refractivity contribution in [3.05, 3.63) is 18.1 Å². The first-order valence-corrected chi connectivity index (χ1v) is 8.66. The minimum absolute atomic E-state index is 0.0112. The Labute approximate surface area is 148 Å². The number of hydrogen-bond acceptors (Lipinski definition) is 6. The molecule has 25 heavy (non-hydrogen) atoms. The molecule has 8 nitrogen and oxygen atoms in total. The van der Waals surface area contributed by atoms with Gasteiger partial charge in [-0.1, -0.05) is 13.8 Å². The van der Waals surface area contributed by atoms with E-state index in [-0.39, 0.29) is 23.6 Å². The molecule has 1 aromatic rings. The van der Waals surface area contributed by atoms with Gasteiger partial charge in [0.1, 0.15) is 11.5 Å². The predicted molar refractivity (Wildman–Crippen MR) is 94.1 cm³/mol. The fraction of sp³-hybridized carbons (Fsp3) is 0.647. The number of carbonyl (C=O) groups excluding carboxylic acids is 2. The van der Waals surface area contributed by atoms with Crippen molar-refractivity contribution in [1.82, 2.24) is 15.3 Å². The van der Waals surface area contributed by atoms with E-state index in [1.807, 2.05) is 11.8 Å². The number of amides is 2. The molecule has 138 valence electrons. The molecule has 1 aliphatic rings. The van der Waals surface area contributed by atoms with Gasteiger partial charge in [-0.3, -0.25) is 14.6 Å². The van der Waals surface area contributed by atoms with Crippen LogP contribution < -0.4 is 16.0 Å². The highest BCUT2D eigenvalue weighted by molar-refractivity contribution is 5.90. The zero-order valence-corrected chi connectivity index (χ0v) is 15.1. The molecule has 1 fully saturated rings. The Morgan fingerprint density at radius 3 is 2.80 bits per heavy atom. The van der Waals surface area contributed by atoms with Crippen LogP contribution in [0.15, 0.2) is 12.4 Å². The second-order valence-electron chi connectivity index (χ2n) is 6.56. The smallest absolute Gasteiger partial charge is 0.268 e. The van der Waals surface area contributed by atoms with Crippen LogP contribution >= 0.6 is 0 Å². The fourth-order valence-electron chi connectivity index (χ4n) is 3.06. The number of nitrogens with two attached hydrogens (primary N) is 1. The van der Waals surface area contributed by atoms with Gasteiger partial charge in [-0.25, -0.2) is 4.98 Å². The normalized spacial score (nSPS) is 20.1. The Morgan fingerprint density at radius 1 is 1.40 bits per heavy atom. The van der Waals surface area contributed by atoms with Gasteiger partial charge in [-0.2, -0.15) is 0 Å². The molecule has 2 atom stereocenters. The van der Waals surface area contributed by atoms with E-state index in [1.165, 1.54) is 6.20 Å². The van der Waals surface area contributed by atoms with Gasteiger partial charge in [0.2, 0.25) is 5.91 Å². The molecule has 1 aliphatic heterocycles. The van der Waals surface area contributed by atoms with E-state index < -0.39 is 5.91 Å². The lowest BCUT2D eigenvalue weighted by Crippen LogP contribution is -2.42. The number of anilines is 1. The van der Waals surface area contributed by atoms with E-state index in [0.29, 0.717) is 37.9 Å². The Hall–Kier alpha value is -2.22. The van der Waals surface area contributed by atoms with E-state index in [9.17, 15) is 9.59 Å². The highest BCUT2D eigenvalue weighted by Gasteiger charge is 2.36. The Morgan fingerprint density at radius 2 is 2.16 bits per heavy atom. The molecule has 0 radical (unpaired) electrons. The van der Waals surface area contributed by atoms with Gasteiger partial charge < -0.3 is 20.7 Å². The summed E-state index contributed by atoms with van der Waals surface area (Å²) in [5, 5.41) is 3.11. The summed E-state index contributed by atoms with van der Waals surface area (Å²) >= 11 is 0.